The highest BCUT2D eigenvalue weighted by Gasteiger charge is 2.16. The van der Waals surface area contributed by atoms with Gasteiger partial charge < -0.3 is 10.3 Å². The number of nitrogens with zero attached hydrogens (tertiary/aromatic N) is 2. The van der Waals surface area contributed by atoms with Crippen molar-refractivity contribution in [3.63, 3.8) is 0 Å². The number of aromatic nitrogens is 2. The molecule has 9 heteroatoms. The second-order valence-electron chi connectivity index (χ2n) is 4.02. The number of nitrogens with two attached hydrogens (primary N) is 1. The van der Waals surface area contributed by atoms with Crippen LogP contribution in [0.15, 0.2) is 27.6 Å². The van der Waals surface area contributed by atoms with Gasteiger partial charge in [-0.15, -0.1) is 0 Å². The highest BCUT2D eigenvalue weighted by Crippen LogP contribution is 2.20. The Morgan fingerprint density at radius 1 is 1.45 bits per heavy atom. The van der Waals surface area contributed by atoms with Gasteiger partial charge in [-0.25, -0.2) is 13.1 Å². The van der Waals surface area contributed by atoms with E-state index in [1.54, 1.807) is 13.0 Å². The highest BCUT2D eigenvalue weighted by molar-refractivity contribution is 7.89. The molecule has 3 N–H and O–H groups in total. The van der Waals surface area contributed by atoms with Gasteiger partial charge >= 0.3 is 0 Å². The lowest BCUT2D eigenvalue weighted by atomic mass is 10.2. The van der Waals surface area contributed by atoms with Crippen LogP contribution in [-0.2, 0) is 23.1 Å². The molecule has 0 atom stereocenters. The lowest BCUT2D eigenvalue weighted by Crippen LogP contribution is -2.23. The van der Waals surface area contributed by atoms with Crippen LogP contribution in [0.25, 0.3) is 0 Å². The largest absolute Gasteiger partial charge is 0.338 e. The normalized spacial score (nSPS) is 11.8. The summed E-state index contributed by atoms with van der Waals surface area (Å²) in [5.41, 5.74) is 6.15. The summed E-state index contributed by atoms with van der Waals surface area (Å²) >= 11 is 5.94. The fourth-order valence-corrected chi connectivity index (χ4v) is 2.84. The summed E-state index contributed by atoms with van der Waals surface area (Å²) < 4.78 is 31.3. The number of aryl methyl sites for hydroxylation is 1. The summed E-state index contributed by atoms with van der Waals surface area (Å²) in [4.78, 5) is 3.96. The quantitative estimate of drug-likeness (QED) is 0.850. The Morgan fingerprint density at radius 3 is 2.75 bits per heavy atom. The van der Waals surface area contributed by atoms with Crippen molar-refractivity contribution in [1.82, 2.24) is 14.9 Å². The Labute approximate surface area is 121 Å². The van der Waals surface area contributed by atoms with E-state index in [4.69, 9.17) is 21.9 Å². The van der Waals surface area contributed by atoms with Gasteiger partial charge in [-0.1, -0.05) is 22.8 Å². The molecule has 0 spiro atoms. The average Bonchev–Trinajstić information content (AvgIpc) is 2.82. The van der Waals surface area contributed by atoms with Gasteiger partial charge in [-0.2, -0.15) is 4.98 Å². The maximum Gasteiger partial charge on any atom is 0.241 e. The third-order valence-electron chi connectivity index (χ3n) is 2.54. The van der Waals surface area contributed by atoms with E-state index in [0.29, 0.717) is 16.4 Å². The van der Waals surface area contributed by atoms with Crippen molar-refractivity contribution in [3.05, 3.63) is 40.5 Å². The van der Waals surface area contributed by atoms with Crippen LogP contribution in [0.2, 0.25) is 5.02 Å². The topological polar surface area (TPSA) is 111 Å². The first-order valence-corrected chi connectivity index (χ1v) is 7.56. The molecule has 0 amide bonds. The van der Waals surface area contributed by atoms with Crippen molar-refractivity contribution in [2.45, 2.75) is 24.9 Å². The molecule has 20 heavy (non-hydrogen) atoms. The first kappa shape index (κ1) is 14.9. The van der Waals surface area contributed by atoms with Gasteiger partial charge in [-0.05, 0) is 24.6 Å². The molecule has 1 aromatic heterocycles. The Morgan fingerprint density at radius 2 is 2.20 bits per heavy atom. The van der Waals surface area contributed by atoms with Gasteiger partial charge in [0.05, 0.1) is 11.4 Å². The molecule has 0 aliphatic heterocycles. The zero-order chi connectivity index (χ0) is 14.8. The minimum absolute atomic E-state index is 0.0518. The third kappa shape index (κ3) is 3.34. The standard InChI is InChI=1S/C11H13ClN4O3S/c1-7-15-11(19-16-7)6-14-20(17,18)9-3-2-8(5-13)10(12)4-9/h2-4,14H,5-6,13H2,1H3. The van der Waals surface area contributed by atoms with Crippen LogP contribution in [-0.4, -0.2) is 18.6 Å². The Balaban J connectivity index is 2.15. The van der Waals surface area contributed by atoms with Crippen LogP contribution in [0, 0.1) is 6.92 Å². The summed E-state index contributed by atoms with van der Waals surface area (Å²) in [5.74, 6) is 0.630. The van der Waals surface area contributed by atoms with Crippen molar-refractivity contribution < 1.29 is 12.9 Å². The summed E-state index contributed by atoms with van der Waals surface area (Å²) in [6, 6.07) is 4.37. The number of benzene rings is 1. The van der Waals surface area contributed by atoms with E-state index in [-0.39, 0.29) is 23.9 Å². The molecule has 0 saturated carbocycles. The summed E-state index contributed by atoms with van der Waals surface area (Å²) in [5, 5.41) is 3.88. The van der Waals surface area contributed by atoms with Crippen molar-refractivity contribution in [1.29, 1.82) is 0 Å². The predicted molar refractivity (Wildman–Crippen MR) is 72.4 cm³/mol. The molecule has 2 rings (SSSR count). The van der Waals surface area contributed by atoms with Crippen molar-refractivity contribution >= 4 is 21.6 Å². The Hall–Kier alpha value is -1.48. The lowest BCUT2D eigenvalue weighted by Gasteiger charge is -2.07. The van der Waals surface area contributed by atoms with Crippen LogP contribution < -0.4 is 10.5 Å². The summed E-state index contributed by atoms with van der Waals surface area (Å²) in [6.07, 6.45) is 0. The van der Waals surface area contributed by atoms with Gasteiger partial charge in [0.15, 0.2) is 5.82 Å². The smallest absolute Gasteiger partial charge is 0.241 e. The maximum absolute atomic E-state index is 12.1. The molecule has 0 unspecified atom stereocenters. The van der Waals surface area contributed by atoms with Crippen LogP contribution in [0.4, 0.5) is 0 Å². The highest BCUT2D eigenvalue weighted by atomic mass is 35.5. The lowest BCUT2D eigenvalue weighted by molar-refractivity contribution is 0.372. The predicted octanol–water partition coefficient (Wildman–Crippen LogP) is 0.969. The molecular formula is C11H13ClN4O3S. The molecule has 0 saturated heterocycles. The van der Waals surface area contributed by atoms with Gasteiger partial charge in [-0.3, -0.25) is 0 Å². The second-order valence-corrected chi connectivity index (χ2v) is 6.19. The average molecular weight is 317 g/mol. The molecule has 7 nitrogen and oxygen atoms in total. The summed E-state index contributed by atoms with van der Waals surface area (Å²) in [6.45, 7) is 1.81. The maximum atomic E-state index is 12.1. The van der Waals surface area contributed by atoms with E-state index in [9.17, 15) is 8.42 Å². The molecule has 108 valence electrons. The molecule has 0 aliphatic carbocycles. The molecule has 0 aliphatic rings. The van der Waals surface area contributed by atoms with Crippen LogP contribution >= 0.6 is 11.6 Å². The molecule has 0 bridgehead atoms. The van der Waals surface area contributed by atoms with Crippen LogP contribution in [0.5, 0.6) is 0 Å². The van der Waals surface area contributed by atoms with E-state index in [0.717, 1.165) is 0 Å². The van der Waals surface area contributed by atoms with E-state index in [1.807, 2.05) is 0 Å². The first-order valence-electron chi connectivity index (χ1n) is 5.70. The fraction of sp³-hybridized carbons (Fsp3) is 0.273. The number of hydrogen-bond donors (Lipinski definition) is 2. The van der Waals surface area contributed by atoms with Crippen LogP contribution in [0.3, 0.4) is 0 Å². The third-order valence-corrected chi connectivity index (χ3v) is 4.29. The van der Waals surface area contributed by atoms with E-state index in [2.05, 4.69) is 14.9 Å². The van der Waals surface area contributed by atoms with Gasteiger partial charge in [0.25, 0.3) is 0 Å². The van der Waals surface area contributed by atoms with Gasteiger partial charge in [0, 0.05) is 11.6 Å². The SMILES string of the molecule is Cc1noc(CNS(=O)(=O)c2ccc(CN)c(Cl)c2)n1. The minimum Gasteiger partial charge on any atom is -0.338 e. The monoisotopic (exact) mass is 316 g/mol. The van der Waals surface area contributed by atoms with Crippen molar-refractivity contribution in [2.75, 3.05) is 0 Å². The van der Waals surface area contributed by atoms with Crippen molar-refractivity contribution in [2.24, 2.45) is 5.73 Å². The van der Waals surface area contributed by atoms with Gasteiger partial charge in [0.2, 0.25) is 15.9 Å². The Bertz CT molecular complexity index is 714. The number of nitrogens with one attached hydrogen (secondary N) is 1. The van der Waals surface area contributed by atoms with E-state index < -0.39 is 10.0 Å². The first-order chi connectivity index (χ1) is 9.42. The number of rotatable bonds is 5. The molecular weight excluding hydrogens is 304 g/mol. The molecule has 1 heterocycles. The second kappa shape index (κ2) is 5.88. The van der Waals surface area contributed by atoms with Crippen LogP contribution in [0.1, 0.15) is 17.3 Å². The van der Waals surface area contributed by atoms with E-state index >= 15 is 0 Å². The Kier molecular flexibility index (Phi) is 4.39. The van der Waals surface area contributed by atoms with E-state index in [1.165, 1.54) is 12.1 Å². The number of hydrogen-bond acceptors (Lipinski definition) is 6. The van der Waals surface area contributed by atoms with Gasteiger partial charge in [0.1, 0.15) is 0 Å². The zero-order valence-electron chi connectivity index (χ0n) is 10.6. The minimum atomic E-state index is -3.70. The number of halogens is 1. The molecule has 2 aromatic rings. The molecule has 0 radical (unpaired) electrons. The van der Waals surface area contributed by atoms with Crippen molar-refractivity contribution in [3.8, 4) is 0 Å². The number of sulfonamides is 1. The zero-order valence-corrected chi connectivity index (χ0v) is 12.2. The molecule has 0 fully saturated rings. The fourth-order valence-electron chi connectivity index (χ4n) is 1.51. The molecule has 1 aromatic carbocycles. The summed E-state index contributed by atoms with van der Waals surface area (Å²) in [7, 11) is -3.70.